The molecule has 0 radical (unpaired) electrons. The highest BCUT2D eigenvalue weighted by atomic mass is 16.3. The molecule has 0 aliphatic carbocycles. The van der Waals surface area contributed by atoms with Crippen LogP contribution >= 0.6 is 0 Å². The molecule has 1 aromatic heterocycles. The van der Waals surface area contributed by atoms with E-state index in [-0.39, 0.29) is 11.8 Å². The van der Waals surface area contributed by atoms with Crippen LogP contribution in [0.5, 0.6) is 18.0 Å². The highest BCUT2D eigenvalue weighted by molar-refractivity contribution is 6.14. The van der Waals surface area contributed by atoms with Crippen LogP contribution in [-0.2, 0) is 9.59 Å². The van der Waals surface area contributed by atoms with Crippen LogP contribution in [0.3, 0.4) is 0 Å². The van der Waals surface area contributed by atoms with E-state index < -0.39 is 23.9 Å². The van der Waals surface area contributed by atoms with Crippen LogP contribution in [0.1, 0.15) is 26.2 Å². The maximum atomic E-state index is 12.1. The highest BCUT2D eigenvalue weighted by Gasteiger charge is 2.39. The van der Waals surface area contributed by atoms with Crippen LogP contribution in [0.15, 0.2) is 30.3 Å². The molecule has 0 bridgehead atoms. The van der Waals surface area contributed by atoms with E-state index in [0.717, 1.165) is 12.8 Å². The molecule has 3 rings (SSSR count). The van der Waals surface area contributed by atoms with E-state index in [4.69, 9.17) is 15.3 Å². The lowest BCUT2D eigenvalue weighted by atomic mass is 10.0. The second-order valence-corrected chi connectivity index (χ2v) is 5.42. The number of hydrogen-bond donors (Lipinski definition) is 4. The van der Waals surface area contributed by atoms with Gasteiger partial charge in [-0.3, -0.25) is 15.0 Å². The summed E-state index contributed by atoms with van der Waals surface area (Å²) in [6, 6.07) is 7.05. The largest absolute Gasteiger partial charge is 0.479 e. The van der Waals surface area contributed by atoms with Crippen LogP contribution in [0.2, 0.25) is 0 Å². The van der Waals surface area contributed by atoms with Crippen molar-refractivity contribution in [1.82, 2.24) is 20.4 Å². The molecule has 1 aromatic carbocycles. The zero-order valence-electron chi connectivity index (χ0n) is 14.0. The number of nitrogens with zero attached hydrogens (tertiary/aromatic N) is 4. The summed E-state index contributed by atoms with van der Waals surface area (Å²) in [5, 5.41) is 26.6. The summed E-state index contributed by atoms with van der Waals surface area (Å²) >= 11 is 0. The summed E-state index contributed by atoms with van der Waals surface area (Å²) in [5.41, 5.74) is 3.34. The molecule has 0 spiro atoms. The molecule has 0 saturated carbocycles. The topological polar surface area (TPSA) is 149 Å². The predicted molar refractivity (Wildman–Crippen MR) is 89.9 cm³/mol. The second kappa shape index (κ2) is 8.60. The van der Waals surface area contributed by atoms with E-state index >= 15 is 0 Å². The molecule has 1 fully saturated rings. The fourth-order valence-electron chi connectivity index (χ4n) is 2.29. The quantitative estimate of drug-likeness (QED) is 0.586. The summed E-state index contributed by atoms with van der Waals surface area (Å²) < 4.78 is 0. The third-order valence-corrected chi connectivity index (χ3v) is 3.52. The molecular formula is C16H19N5O5. The number of nitrogens with one attached hydrogen (secondary N) is 1. The van der Waals surface area contributed by atoms with Crippen LogP contribution < -0.4 is 10.4 Å². The number of para-hydroxylation sites is 1. The first-order chi connectivity index (χ1) is 12.4. The number of rotatable bonds is 4. The molecule has 2 aromatic rings. The van der Waals surface area contributed by atoms with Gasteiger partial charge in [-0.25, -0.2) is 5.01 Å². The predicted octanol–water partition coefficient (Wildman–Crippen LogP) is 0.859. The molecule has 1 aliphatic rings. The highest BCUT2D eigenvalue weighted by Crippen LogP contribution is 2.22. The standard InChI is InChI=1S/C13H16N2O2.C3H3N3O3/c1-2-3-9-11-12(16)14-15(13(11)17)10-7-5-4-6-8-10;7-1-4-2(8)6-3(9)5-1/h4-8,11H,2-3,9H2,1H3,(H,14,16);(H3,4,5,6,7,8,9). The molecule has 10 heteroatoms. The van der Waals surface area contributed by atoms with Crippen LogP contribution in [0.25, 0.3) is 0 Å². The second-order valence-electron chi connectivity index (χ2n) is 5.42. The van der Waals surface area contributed by atoms with Crippen LogP contribution in [-0.4, -0.2) is 42.1 Å². The van der Waals surface area contributed by atoms with Crippen molar-refractivity contribution in [2.45, 2.75) is 26.2 Å². The molecule has 138 valence electrons. The van der Waals surface area contributed by atoms with Gasteiger partial charge in [-0.05, 0) is 18.6 Å². The molecule has 2 heterocycles. The molecule has 1 unspecified atom stereocenters. The molecule has 4 N–H and O–H groups in total. The van der Waals surface area contributed by atoms with Crippen molar-refractivity contribution < 1.29 is 24.9 Å². The number of unbranched alkanes of at least 4 members (excludes halogenated alkanes) is 1. The SMILES string of the molecule is CCCCC1C(=O)NN(c2ccccc2)C1=O.Oc1nc(O)nc(O)n1. The van der Waals surface area contributed by atoms with Gasteiger partial charge in [0.15, 0.2) is 0 Å². The van der Waals surface area contributed by atoms with Gasteiger partial charge in [-0.2, -0.15) is 0 Å². The number of benzene rings is 1. The first kappa shape index (κ1) is 18.9. The number of amides is 2. The average molecular weight is 361 g/mol. The number of aromatic nitrogens is 3. The van der Waals surface area contributed by atoms with Gasteiger partial charge in [-0.1, -0.05) is 38.0 Å². The van der Waals surface area contributed by atoms with E-state index in [9.17, 15) is 9.59 Å². The third-order valence-electron chi connectivity index (χ3n) is 3.52. The maximum absolute atomic E-state index is 12.1. The minimum absolute atomic E-state index is 0.144. The fourth-order valence-corrected chi connectivity index (χ4v) is 2.29. The number of hydrogen-bond acceptors (Lipinski definition) is 8. The molecule has 10 nitrogen and oxygen atoms in total. The van der Waals surface area contributed by atoms with E-state index in [1.165, 1.54) is 5.01 Å². The van der Waals surface area contributed by atoms with Gasteiger partial charge in [0.2, 0.25) is 0 Å². The van der Waals surface area contributed by atoms with Gasteiger partial charge in [-0.15, -0.1) is 15.0 Å². The zero-order valence-corrected chi connectivity index (χ0v) is 14.0. The zero-order chi connectivity index (χ0) is 19.1. The van der Waals surface area contributed by atoms with E-state index in [2.05, 4.69) is 20.4 Å². The minimum Gasteiger partial charge on any atom is -0.479 e. The summed E-state index contributed by atoms with van der Waals surface area (Å²) in [7, 11) is 0. The molecule has 1 aliphatic heterocycles. The Labute approximate surface area is 149 Å². The number of aromatic hydroxyl groups is 3. The fraction of sp³-hybridized carbons (Fsp3) is 0.312. The van der Waals surface area contributed by atoms with Gasteiger partial charge in [0, 0.05) is 0 Å². The van der Waals surface area contributed by atoms with Gasteiger partial charge in [0.25, 0.3) is 11.8 Å². The molecule has 26 heavy (non-hydrogen) atoms. The van der Waals surface area contributed by atoms with Crippen LogP contribution in [0, 0.1) is 5.92 Å². The summed E-state index contributed by atoms with van der Waals surface area (Å²) in [6.07, 6.45) is 2.51. The molecule has 1 atom stereocenters. The summed E-state index contributed by atoms with van der Waals surface area (Å²) in [5.74, 6) is -0.850. The van der Waals surface area contributed by atoms with Crippen molar-refractivity contribution in [2.75, 3.05) is 5.01 Å². The smallest absolute Gasteiger partial charge is 0.323 e. The Morgan fingerprint density at radius 3 is 2.04 bits per heavy atom. The van der Waals surface area contributed by atoms with Gasteiger partial charge < -0.3 is 15.3 Å². The lowest BCUT2D eigenvalue weighted by molar-refractivity contribution is -0.127. The average Bonchev–Trinajstić information content (AvgIpc) is 2.87. The van der Waals surface area contributed by atoms with Crippen molar-refractivity contribution in [3.8, 4) is 18.0 Å². The van der Waals surface area contributed by atoms with Crippen molar-refractivity contribution in [2.24, 2.45) is 5.92 Å². The number of carbonyl (C=O) groups is 2. The Kier molecular flexibility index (Phi) is 6.25. The monoisotopic (exact) mass is 361 g/mol. The van der Waals surface area contributed by atoms with Gasteiger partial charge in [0.05, 0.1) is 5.69 Å². The van der Waals surface area contributed by atoms with E-state index in [1.54, 1.807) is 12.1 Å². The number of anilines is 1. The van der Waals surface area contributed by atoms with Gasteiger partial charge in [0.1, 0.15) is 5.92 Å². The first-order valence-electron chi connectivity index (χ1n) is 7.94. The first-order valence-corrected chi connectivity index (χ1v) is 7.94. The Morgan fingerprint density at radius 2 is 1.54 bits per heavy atom. The van der Waals surface area contributed by atoms with Crippen molar-refractivity contribution in [3.63, 3.8) is 0 Å². The van der Waals surface area contributed by atoms with E-state index in [1.807, 2.05) is 25.1 Å². The molecule has 2 amide bonds. The summed E-state index contributed by atoms with van der Waals surface area (Å²) in [6.45, 7) is 2.05. The Morgan fingerprint density at radius 1 is 1.00 bits per heavy atom. The van der Waals surface area contributed by atoms with Crippen molar-refractivity contribution >= 4 is 17.5 Å². The minimum atomic E-state index is -0.708. The Hall–Kier alpha value is -3.43. The van der Waals surface area contributed by atoms with Crippen molar-refractivity contribution in [1.29, 1.82) is 0 Å². The van der Waals surface area contributed by atoms with E-state index in [0.29, 0.717) is 12.1 Å². The van der Waals surface area contributed by atoms with Gasteiger partial charge >= 0.3 is 18.0 Å². The van der Waals surface area contributed by atoms with Crippen LogP contribution in [0.4, 0.5) is 5.69 Å². The summed E-state index contributed by atoms with van der Waals surface area (Å²) in [4.78, 5) is 32.7. The molecular weight excluding hydrogens is 342 g/mol. The molecule has 1 saturated heterocycles. The lowest BCUT2D eigenvalue weighted by Crippen LogP contribution is -2.35. The normalized spacial score (nSPS) is 16.0. The third kappa shape index (κ3) is 4.79. The number of carbonyl (C=O) groups excluding carboxylic acids is 2. The maximum Gasteiger partial charge on any atom is 0.323 e. The number of hydrazine groups is 1. The van der Waals surface area contributed by atoms with Crippen molar-refractivity contribution in [3.05, 3.63) is 30.3 Å². The Balaban J connectivity index is 0.000000228. The lowest BCUT2D eigenvalue weighted by Gasteiger charge is -2.14. The Bertz CT molecular complexity index is 720.